The van der Waals surface area contributed by atoms with Gasteiger partial charge >= 0.3 is 46.1 Å². The monoisotopic (exact) mass is 1670 g/mol. The molecular weight excluding hydrogens is 1520 g/mol. The molecule has 0 bridgehead atoms. The Balaban J connectivity index is 0.000000290. The van der Waals surface area contributed by atoms with Gasteiger partial charge in [0.15, 0.2) is 0 Å². The van der Waals surface area contributed by atoms with Crippen LogP contribution >= 0.6 is 0 Å². The first-order valence-electron chi connectivity index (χ1n) is 46.4. The molecule has 0 saturated heterocycles. The Hall–Kier alpha value is -8.89. The van der Waals surface area contributed by atoms with E-state index in [0.717, 1.165) is 40.6 Å². The molecule has 0 radical (unpaired) electrons. The molecule has 2 N–H and O–H groups in total. The van der Waals surface area contributed by atoms with E-state index in [1.807, 2.05) is 0 Å². The minimum absolute atomic E-state index is 0. The van der Waals surface area contributed by atoms with E-state index in [1.165, 1.54) is 170 Å². The third kappa shape index (κ3) is 26.6. The van der Waals surface area contributed by atoms with Crippen LogP contribution < -0.4 is 9.98 Å². The zero-order chi connectivity index (χ0) is 87.0. The van der Waals surface area contributed by atoms with E-state index >= 15 is 0 Å². The fourth-order valence-corrected chi connectivity index (χ4v) is 17.8. The van der Waals surface area contributed by atoms with Crippen LogP contribution in [0.1, 0.15) is 365 Å². The molecule has 12 aromatic rings. The molecule has 2 fully saturated rings. The molecule has 12 aromatic carbocycles. The van der Waals surface area contributed by atoms with E-state index in [4.69, 9.17) is 10.6 Å². The van der Waals surface area contributed by atoms with Crippen molar-refractivity contribution in [2.24, 2.45) is 22.7 Å². The molecule has 0 amide bonds. The van der Waals surface area contributed by atoms with Gasteiger partial charge in [-0.2, -0.15) is 0 Å². The predicted octanol–water partition coefficient (Wildman–Crippen LogP) is 31.2. The summed E-state index contributed by atoms with van der Waals surface area (Å²) < 4.78 is 0. The Bertz CT molecular complexity index is 4800. The van der Waals surface area contributed by atoms with Gasteiger partial charge in [0.1, 0.15) is 11.7 Å². The van der Waals surface area contributed by atoms with Gasteiger partial charge in [0.05, 0.1) is 11.4 Å². The van der Waals surface area contributed by atoms with Crippen molar-refractivity contribution in [2.45, 2.75) is 262 Å². The van der Waals surface area contributed by atoms with Crippen LogP contribution in [0.15, 0.2) is 303 Å². The number of benzene rings is 12. The van der Waals surface area contributed by atoms with Crippen LogP contribution in [0.2, 0.25) is 0 Å². The number of nitrogens with zero attached hydrogens (tertiary/aromatic N) is 2. The topological polar surface area (TPSA) is 56.1 Å². The van der Waals surface area contributed by atoms with Gasteiger partial charge in [-0.1, -0.05) is 506 Å². The van der Waals surface area contributed by atoms with Gasteiger partial charge in [0.25, 0.3) is 0 Å². The SMILES string of the molecule is CC(C)c1cc(C(c2ccccc2)c2ccccc2)c([N-]C(=[NH+]c2c(C(C)C)cccc2C(C)C)C(C)(C)C)c(C(c2ccccc2)c2ccccc2)c1.CC(C)c1cc(C(c2ccccc2)c2ccccc2)c([NH+]=C([N-]c2c(C(C)C)cccc2C(C)C)C(C)(C)C)c(C(c2ccccc2)c2ccccc2)c1.CC1CCCCC1.CC1CCCCC1.[H-].[H-].[Mg+2].[Mg+2]. The number of hydrogen-bond donors (Lipinski definition) is 2. The Morgan fingerprint density at radius 2 is 0.452 bits per heavy atom. The number of hydrogen-bond acceptors (Lipinski definition) is 0. The van der Waals surface area contributed by atoms with Gasteiger partial charge in [-0.3, -0.25) is 0 Å². The molecule has 4 nitrogen and oxygen atoms in total. The molecule has 0 unspecified atom stereocenters. The summed E-state index contributed by atoms with van der Waals surface area (Å²) in [5.41, 5.74) is 26.6. The van der Waals surface area contributed by atoms with Crippen LogP contribution in [0.4, 0.5) is 22.7 Å². The Kier molecular flexibility index (Phi) is 38.0. The first-order chi connectivity index (χ1) is 58.7. The Morgan fingerprint density at radius 3 is 0.653 bits per heavy atom. The molecule has 0 heterocycles. The standard InChI is InChI=1S/2C52H57N2.2C7H14.2Mg.2H/c2*1-35(2)42-33-45(47(38-23-14-10-15-24-38)39-25-16-11-17-26-39)50(46(34-42)48(40-27-18-12-19-28-40)41-29-20-13-21-30-41)54-51(52(7,8)9)53-49-43(36(3)4)31-22-32-44(49)37(5)6;2*1-7-5-3-2-4-6-7;;;;/h2*10-37,47-48H,1-9H3;2*7H,2-6H2,1H3;;;;/q2*-1;;;2*+2;2*-1/p+2. The first kappa shape index (κ1) is 98.9. The molecule has 124 heavy (non-hydrogen) atoms. The number of nitrogens with one attached hydrogen (secondary N) is 2. The summed E-state index contributed by atoms with van der Waals surface area (Å²) in [6.07, 6.45) is 14.9. The van der Waals surface area contributed by atoms with Gasteiger partial charge < -0.3 is 12.8 Å². The van der Waals surface area contributed by atoms with Crippen molar-refractivity contribution in [3.8, 4) is 0 Å². The second-order valence-corrected chi connectivity index (χ2v) is 38.8. The van der Waals surface area contributed by atoms with Crippen LogP contribution in [-0.2, 0) is 0 Å². The van der Waals surface area contributed by atoms with Crippen LogP contribution in [0.25, 0.3) is 10.6 Å². The van der Waals surface area contributed by atoms with Crippen LogP contribution in [0, 0.1) is 22.7 Å². The number of rotatable bonds is 22. The molecule has 0 atom stereocenters. The quantitative estimate of drug-likeness (QED) is 0.0294. The second kappa shape index (κ2) is 47.6. The first-order valence-corrected chi connectivity index (χ1v) is 46.4. The van der Waals surface area contributed by atoms with E-state index in [2.05, 4.69) is 452 Å². The smallest absolute Gasteiger partial charge is 1.00 e. The minimum Gasteiger partial charge on any atom is -1.00 e. The number of para-hydroxylation sites is 2. The fraction of sp³-hybridized carbons (Fsp3) is 0.373. The third-order valence-corrected chi connectivity index (χ3v) is 24.9. The molecule has 2 aliphatic rings. The van der Waals surface area contributed by atoms with Gasteiger partial charge in [-0.15, -0.1) is 0 Å². The largest absolute Gasteiger partial charge is 2.00 e. The normalized spacial score (nSPS) is 13.6. The second-order valence-electron chi connectivity index (χ2n) is 38.8. The zero-order valence-corrected chi connectivity index (χ0v) is 82.0. The van der Waals surface area contributed by atoms with E-state index in [1.54, 1.807) is 0 Å². The van der Waals surface area contributed by atoms with Crippen molar-refractivity contribution >= 4 is 80.5 Å². The molecule has 2 saturated carbocycles. The molecule has 14 rings (SSSR count). The van der Waals surface area contributed by atoms with Crippen LogP contribution in [0.5, 0.6) is 0 Å². The summed E-state index contributed by atoms with van der Waals surface area (Å²) >= 11 is 0. The van der Waals surface area contributed by atoms with Crippen molar-refractivity contribution < 1.29 is 12.8 Å². The molecule has 2 aliphatic carbocycles. The average Bonchev–Trinajstić information content (AvgIpc) is 0.752. The molecule has 0 spiro atoms. The summed E-state index contributed by atoms with van der Waals surface area (Å²) in [4.78, 5) is 8.24. The van der Waals surface area contributed by atoms with E-state index in [9.17, 15) is 0 Å². The van der Waals surface area contributed by atoms with E-state index < -0.39 is 0 Å². The van der Waals surface area contributed by atoms with Crippen molar-refractivity contribution in [3.63, 3.8) is 0 Å². The predicted molar refractivity (Wildman–Crippen MR) is 540 cm³/mol. The van der Waals surface area contributed by atoms with Gasteiger partial charge in [-0.05, 0) is 147 Å². The Morgan fingerprint density at radius 1 is 0.250 bits per heavy atom. The minimum atomic E-state index is -0.298. The average molecular weight is 1670 g/mol. The summed E-state index contributed by atoms with van der Waals surface area (Å²) in [6.45, 7) is 45.9. The van der Waals surface area contributed by atoms with Gasteiger partial charge in [-0.25, -0.2) is 10.6 Å². The van der Waals surface area contributed by atoms with Gasteiger partial charge in [0.2, 0.25) is 0 Å². The van der Waals surface area contributed by atoms with E-state index in [-0.39, 0.29) is 83.5 Å². The summed E-state index contributed by atoms with van der Waals surface area (Å²) in [5, 5.41) is 11.7. The zero-order valence-electron chi connectivity index (χ0n) is 81.2. The van der Waals surface area contributed by atoms with Crippen molar-refractivity contribution in [1.29, 1.82) is 0 Å². The number of amidine groups is 2. The molecule has 6 heteroatoms. The maximum Gasteiger partial charge on any atom is 2.00 e. The fourth-order valence-electron chi connectivity index (χ4n) is 17.8. The van der Waals surface area contributed by atoms with E-state index in [0.29, 0.717) is 35.5 Å². The molecule has 0 aliphatic heterocycles. The molecule has 640 valence electrons. The molecule has 0 aromatic heterocycles. The van der Waals surface area contributed by atoms with Crippen LogP contribution in [-0.4, -0.2) is 57.8 Å². The molecular formula is C118H146Mg2N4+2. The maximum absolute atomic E-state index is 5.98. The van der Waals surface area contributed by atoms with Crippen molar-refractivity contribution in [1.82, 2.24) is 0 Å². The van der Waals surface area contributed by atoms with Crippen molar-refractivity contribution in [3.05, 3.63) is 414 Å². The summed E-state index contributed by atoms with van der Waals surface area (Å²) in [5.74, 6) is 5.88. The van der Waals surface area contributed by atoms with Crippen LogP contribution in [0.3, 0.4) is 0 Å². The Labute approximate surface area is 785 Å². The van der Waals surface area contributed by atoms with Gasteiger partial charge in [0, 0.05) is 45.9 Å². The van der Waals surface area contributed by atoms with Crippen molar-refractivity contribution in [2.75, 3.05) is 0 Å². The summed E-state index contributed by atoms with van der Waals surface area (Å²) in [6, 6.07) is 111. The maximum atomic E-state index is 5.98. The summed E-state index contributed by atoms with van der Waals surface area (Å²) in [7, 11) is 0. The third-order valence-electron chi connectivity index (χ3n) is 24.9.